The molecule has 0 saturated carbocycles. The first-order chi connectivity index (χ1) is 8.04. The number of benzene rings is 1. The molecule has 4 heteroatoms. The molecule has 0 spiro atoms. The van der Waals surface area contributed by atoms with Gasteiger partial charge in [0.05, 0.1) is 0 Å². The normalized spacial score (nSPS) is 12.2. The SMILES string of the molecule is Cc1cc(CCNC(=O)C(C)CN)ccc1F. The van der Waals surface area contributed by atoms with Crippen molar-refractivity contribution < 1.29 is 9.18 Å². The predicted octanol–water partition coefficient (Wildman–Crippen LogP) is 1.39. The second kappa shape index (κ2) is 6.35. The van der Waals surface area contributed by atoms with Gasteiger partial charge in [-0.25, -0.2) is 4.39 Å². The Morgan fingerprint density at radius 1 is 1.53 bits per heavy atom. The van der Waals surface area contributed by atoms with Crippen LogP contribution in [0.5, 0.6) is 0 Å². The lowest BCUT2D eigenvalue weighted by atomic mass is 10.1. The first-order valence-corrected chi connectivity index (χ1v) is 5.77. The molecular formula is C13H19FN2O. The van der Waals surface area contributed by atoms with Gasteiger partial charge in [0.15, 0.2) is 0 Å². The van der Waals surface area contributed by atoms with E-state index in [1.54, 1.807) is 26.0 Å². The number of halogens is 1. The van der Waals surface area contributed by atoms with Gasteiger partial charge in [0, 0.05) is 19.0 Å². The first kappa shape index (κ1) is 13.6. The number of amides is 1. The van der Waals surface area contributed by atoms with Crippen LogP contribution in [0.4, 0.5) is 4.39 Å². The van der Waals surface area contributed by atoms with Crippen molar-refractivity contribution in [3.63, 3.8) is 0 Å². The van der Waals surface area contributed by atoms with Crippen LogP contribution in [0.3, 0.4) is 0 Å². The zero-order valence-electron chi connectivity index (χ0n) is 10.3. The Balaban J connectivity index is 2.41. The van der Waals surface area contributed by atoms with Crippen molar-refractivity contribution >= 4 is 5.91 Å². The molecule has 1 amide bonds. The van der Waals surface area contributed by atoms with Crippen LogP contribution in [0.2, 0.25) is 0 Å². The molecule has 1 rings (SSSR count). The van der Waals surface area contributed by atoms with E-state index >= 15 is 0 Å². The topological polar surface area (TPSA) is 55.1 Å². The van der Waals surface area contributed by atoms with Crippen molar-refractivity contribution in [2.24, 2.45) is 11.7 Å². The lowest BCUT2D eigenvalue weighted by Gasteiger charge is -2.10. The summed E-state index contributed by atoms with van der Waals surface area (Å²) in [5, 5.41) is 2.80. The summed E-state index contributed by atoms with van der Waals surface area (Å²) in [4.78, 5) is 11.4. The van der Waals surface area contributed by atoms with Crippen molar-refractivity contribution in [2.45, 2.75) is 20.3 Å². The van der Waals surface area contributed by atoms with Gasteiger partial charge in [-0.2, -0.15) is 0 Å². The molecule has 1 unspecified atom stereocenters. The Hall–Kier alpha value is -1.42. The highest BCUT2D eigenvalue weighted by Crippen LogP contribution is 2.09. The van der Waals surface area contributed by atoms with E-state index < -0.39 is 0 Å². The lowest BCUT2D eigenvalue weighted by molar-refractivity contribution is -0.124. The first-order valence-electron chi connectivity index (χ1n) is 5.77. The van der Waals surface area contributed by atoms with Crippen LogP contribution in [0, 0.1) is 18.7 Å². The van der Waals surface area contributed by atoms with Gasteiger partial charge >= 0.3 is 0 Å². The highest BCUT2D eigenvalue weighted by atomic mass is 19.1. The minimum Gasteiger partial charge on any atom is -0.355 e. The summed E-state index contributed by atoms with van der Waals surface area (Å²) in [7, 11) is 0. The van der Waals surface area contributed by atoms with E-state index in [9.17, 15) is 9.18 Å². The summed E-state index contributed by atoms with van der Waals surface area (Å²) in [6.45, 7) is 4.42. The van der Waals surface area contributed by atoms with Crippen LogP contribution in [-0.2, 0) is 11.2 Å². The number of carbonyl (C=O) groups is 1. The van der Waals surface area contributed by atoms with Gasteiger partial charge in [0.1, 0.15) is 5.82 Å². The minimum absolute atomic E-state index is 0.0358. The fourth-order valence-corrected chi connectivity index (χ4v) is 1.47. The molecule has 0 aromatic heterocycles. The standard InChI is InChI=1S/C13H19FN2O/c1-9-7-11(3-4-12(9)14)5-6-16-13(17)10(2)8-15/h3-4,7,10H,5-6,8,15H2,1-2H3,(H,16,17). The maximum absolute atomic E-state index is 13.0. The fourth-order valence-electron chi connectivity index (χ4n) is 1.47. The zero-order chi connectivity index (χ0) is 12.8. The number of aryl methyl sites for hydroxylation is 1. The Morgan fingerprint density at radius 3 is 2.82 bits per heavy atom. The average Bonchev–Trinajstić information content (AvgIpc) is 2.32. The molecule has 0 bridgehead atoms. The molecule has 0 aliphatic carbocycles. The van der Waals surface area contributed by atoms with Crippen molar-refractivity contribution in [1.82, 2.24) is 5.32 Å². The maximum atomic E-state index is 13.0. The quantitative estimate of drug-likeness (QED) is 0.814. The second-order valence-electron chi connectivity index (χ2n) is 4.26. The summed E-state index contributed by atoms with van der Waals surface area (Å²) in [5.41, 5.74) is 7.04. The lowest BCUT2D eigenvalue weighted by Crippen LogP contribution is -2.34. The molecule has 3 N–H and O–H groups in total. The van der Waals surface area contributed by atoms with Gasteiger partial charge in [-0.05, 0) is 30.5 Å². The molecule has 1 atom stereocenters. The molecule has 0 heterocycles. The molecule has 17 heavy (non-hydrogen) atoms. The van der Waals surface area contributed by atoms with Crippen LogP contribution >= 0.6 is 0 Å². The van der Waals surface area contributed by atoms with E-state index in [0.717, 1.165) is 5.56 Å². The summed E-state index contributed by atoms with van der Waals surface area (Å²) in [6, 6.07) is 4.99. The van der Waals surface area contributed by atoms with E-state index in [1.165, 1.54) is 6.07 Å². The fraction of sp³-hybridized carbons (Fsp3) is 0.462. The third-order valence-corrected chi connectivity index (χ3v) is 2.74. The highest BCUT2D eigenvalue weighted by molar-refractivity contribution is 5.78. The van der Waals surface area contributed by atoms with Gasteiger partial charge in [-0.1, -0.05) is 19.1 Å². The molecule has 0 saturated heterocycles. The monoisotopic (exact) mass is 238 g/mol. The van der Waals surface area contributed by atoms with Crippen molar-refractivity contribution in [3.8, 4) is 0 Å². The van der Waals surface area contributed by atoms with Gasteiger partial charge < -0.3 is 11.1 Å². The van der Waals surface area contributed by atoms with Gasteiger partial charge in [0.2, 0.25) is 5.91 Å². The molecule has 0 aliphatic rings. The minimum atomic E-state index is -0.200. The van der Waals surface area contributed by atoms with Gasteiger partial charge in [-0.3, -0.25) is 4.79 Å². The Morgan fingerprint density at radius 2 is 2.24 bits per heavy atom. The number of rotatable bonds is 5. The van der Waals surface area contributed by atoms with Crippen molar-refractivity contribution in [2.75, 3.05) is 13.1 Å². The summed E-state index contributed by atoms with van der Waals surface area (Å²) < 4.78 is 13.0. The van der Waals surface area contributed by atoms with Crippen LogP contribution < -0.4 is 11.1 Å². The number of hydrogen-bond acceptors (Lipinski definition) is 2. The van der Waals surface area contributed by atoms with E-state index in [4.69, 9.17) is 5.73 Å². The number of nitrogens with one attached hydrogen (secondary N) is 1. The predicted molar refractivity (Wildman–Crippen MR) is 66.1 cm³/mol. The number of hydrogen-bond donors (Lipinski definition) is 2. The molecule has 3 nitrogen and oxygen atoms in total. The maximum Gasteiger partial charge on any atom is 0.224 e. The van der Waals surface area contributed by atoms with E-state index in [2.05, 4.69) is 5.32 Å². The molecule has 1 aromatic rings. The second-order valence-corrected chi connectivity index (χ2v) is 4.26. The van der Waals surface area contributed by atoms with E-state index in [-0.39, 0.29) is 17.6 Å². The van der Waals surface area contributed by atoms with Gasteiger partial charge in [-0.15, -0.1) is 0 Å². The van der Waals surface area contributed by atoms with E-state index in [1.807, 2.05) is 0 Å². The Kier molecular flexibility index (Phi) is 5.10. The van der Waals surface area contributed by atoms with Gasteiger partial charge in [0.25, 0.3) is 0 Å². The number of carbonyl (C=O) groups excluding carboxylic acids is 1. The third kappa shape index (κ3) is 4.15. The summed E-state index contributed by atoms with van der Waals surface area (Å²) in [5.74, 6) is -0.397. The van der Waals surface area contributed by atoms with Crippen LogP contribution in [0.15, 0.2) is 18.2 Å². The largest absolute Gasteiger partial charge is 0.355 e. The smallest absolute Gasteiger partial charge is 0.224 e. The highest BCUT2D eigenvalue weighted by Gasteiger charge is 2.09. The van der Waals surface area contributed by atoms with Crippen LogP contribution in [0.25, 0.3) is 0 Å². The molecule has 0 fully saturated rings. The Bertz CT molecular complexity index is 393. The molecule has 0 radical (unpaired) electrons. The molecule has 1 aromatic carbocycles. The molecule has 94 valence electrons. The number of nitrogens with two attached hydrogens (primary N) is 1. The average molecular weight is 238 g/mol. The van der Waals surface area contributed by atoms with Crippen molar-refractivity contribution in [1.29, 1.82) is 0 Å². The molecule has 0 aliphatic heterocycles. The van der Waals surface area contributed by atoms with E-state index in [0.29, 0.717) is 25.1 Å². The zero-order valence-corrected chi connectivity index (χ0v) is 10.3. The van der Waals surface area contributed by atoms with Crippen LogP contribution in [-0.4, -0.2) is 19.0 Å². The summed E-state index contributed by atoms with van der Waals surface area (Å²) in [6.07, 6.45) is 0.699. The van der Waals surface area contributed by atoms with Crippen LogP contribution in [0.1, 0.15) is 18.1 Å². The Labute approximate surface area is 101 Å². The molecular weight excluding hydrogens is 219 g/mol. The third-order valence-electron chi connectivity index (χ3n) is 2.74. The van der Waals surface area contributed by atoms with Crippen molar-refractivity contribution in [3.05, 3.63) is 35.1 Å². The summed E-state index contributed by atoms with van der Waals surface area (Å²) >= 11 is 0.